The van der Waals surface area contributed by atoms with Crippen LogP contribution in [0.4, 0.5) is 5.82 Å². The molecule has 1 aliphatic rings. The summed E-state index contributed by atoms with van der Waals surface area (Å²) in [5.41, 5.74) is 3.63. The van der Waals surface area contributed by atoms with E-state index in [0.29, 0.717) is 28.2 Å². The van der Waals surface area contributed by atoms with Gasteiger partial charge in [-0.3, -0.25) is 4.79 Å². The van der Waals surface area contributed by atoms with Crippen LogP contribution in [0.1, 0.15) is 22.1 Å². The van der Waals surface area contributed by atoms with Gasteiger partial charge in [0, 0.05) is 11.1 Å². The predicted molar refractivity (Wildman–Crippen MR) is 124 cm³/mol. The van der Waals surface area contributed by atoms with Gasteiger partial charge in [0.15, 0.2) is 11.5 Å². The smallest absolute Gasteiger partial charge is 0.235 e. The average Bonchev–Trinajstić information content (AvgIpc) is 3.29. The highest BCUT2D eigenvalue weighted by molar-refractivity contribution is 8.00. The molecule has 1 aliphatic heterocycles. The van der Waals surface area contributed by atoms with Crippen LogP contribution in [0.3, 0.4) is 0 Å². The summed E-state index contributed by atoms with van der Waals surface area (Å²) in [6.07, 6.45) is 0. The van der Waals surface area contributed by atoms with Gasteiger partial charge in [-0.15, -0.1) is 11.8 Å². The molecule has 5 rings (SSSR count). The topological polar surface area (TPSA) is 78.3 Å². The molecule has 7 nitrogen and oxygen atoms in total. The monoisotopic (exact) mass is 452 g/mol. The number of fused-ring (bicyclic) bond motifs is 2. The molecular formula is C22H20N4O3S2. The molecule has 0 bridgehead atoms. The zero-order valence-corrected chi connectivity index (χ0v) is 18.8. The number of anilines is 1. The Kier molecular flexibility index (Phi) is 5.07. The van der Waals surface area contributed by atoms with Gasteiger partial charge in [0.05, 0.1) is 41.1 Å². The zero-order valence-electron chi connectivity index (χ0n) is 17.2. The highest BCUT2D eigenvalue weighted by Gasteiger charge is 2.33. The molecule has 0 saturated carbocycles. The van der Waals surface area contributed by atoms with E-state index in [1.165, 1.54) is 0 Å². The lowest BCUT2D eigenvalue weighted by molar-refractivity contribution is -0.113. The second-order valence-corrected chi connectivity index (χ2v) is 9.15. The summed E-state index contributed by atoms with van der Waals surface area (Å²) in [4.78, 5) is 17.4. The summed E-state index contributed by atoms with van der Waals surface area (Å²) < 4.78 is 14.0. The second kappa shape index (κ2) is 7.90. The van der Waals surface area contributed by atoms with Gasteiger partial charge in [-0.05, 0) is 25.1 Å². The largest absolute Gasteiger partial charge is 0.493 e. The van der Waals surface area contributed by atoms with Crippen molar-refractivity contribution in [2.45, 2.75) is 12.2 Å². The molecule has 0 fully saturated rings. The summed E-state index contributed by atoms with van der Waals surface area (Å²) in [5, 5.41) is 8.39. The van der Waals surface area contributed by atoms with Crippen LogP contribution in [0.2, 0.25) is 0 Å². The van der Waals surface area contributed by atoms with Gasteiger partial charge in [0.2, 0.25) is 11.0 Å². The molecule has 0 aliphatic carbocycles. The van der Waals surface area contributed by atoms with Crippen LogP contribution in [-0.4, -0.2) is 40.6 Å². The number of hydrogen-bond acceptors (Lipinski definition) is 7. The minimum absolute atomic E-state index is 0.0714. The van der Waals surface area contributed by atoms with E-state index in [-0.39, 0.29) is 11.2 Å². The number of nitrogens with one attached hydrogen (secondary N) is 1. The molecular weight excluding hydrogens is 432 g/mol. The fourth-order valence-corrected chi connectivity index (χ4v) is 5.97. The fourth-order valence-electron chi connectivity index (χ4n) is 3.84. The van der Waals surface area contributed by atoms with Crippen molar-refractivity contribution in [2.75, 3.05) is 25.3 Å². The molecule has 2 aromatic heterocycles. The van der Waals surface area contributed by atoms with Crippen LogP contribution < -0.4 is 14.8 Å². The van der Waals surface area contributed by atoms with Gasteiger partial charge in [-0.1, -0.05) is 35.6 Å². The van der Waals surface area contributed by atoms with E-state index >= 15 is 0 Å². The van der Waals surface area contributed by atoms with Crippen molar-refractivity contribution in [2.24, 2.45) is 0 Å². The average molecular weight is 453 g/mol. The molecule has 158 valence electrons. The van der Waals surface area contributed by atoms with Gasteiger partial charge in [-0.2, -0.15) is 9.78 Å². The number of methoxy groups -OCH3 is 2. The highest BCUT2D eigenvalue weighted by Crippen LogP contribution is 2.48. The maximum atomic E-state index is 12.6. The first kappa shape index (κ1) is 19.9. The van der Waals surface area contributed by atoms with Crippen molar-refractivity contribution in [3.05, 3.63) is 59.3 Å². The third kappa shape index (κ3) is 3.34. The molecule has 0 radical (unpaired) electrons. The maximum absolute atomic E-state index is 12.6. The lowest BCUT2D eigenvalue weighted by Crippen LogP contribution is -2.15. The number of para-hydroxylation sites is 2. The number of hydrogen-bond donors (Lipinski definition) is 1. The lowest BCUT2D eigenvalue weighted by atomic mass is 10.0. The summed E-state index contributed by atoms with van der Waals surface area (Å²) in [6, 6.07) is 13.8. The fraction of sp³-hybridized carbons (Fsp3) is 0.227. The van der Waals surface area contributed by atoms with Gasteiger partial charge in [0.25, 0.3) is 0 Å². The van der Waals surface area contributed by atoms with Gasteiger partial charge >= 0.3 is 0 Å². The van der Waals surface area contributed by atoms with Crippen molar-refractivity contribution < 1.29 is 14.3 Å². The number of rotatable bonds is 4. The molecule has 1 N–H and O–H groups in total. The lowest BCUT2D eigenvalue weighted by Gasteiger charge is -2.20. The Morgan fingerprint density at radius 1 is 1.13 bits per heavy atom. The Hall–Kier alpha value is -3.04. The Morgan fingerprint density at radius 2 is 1.97 bits per heavy atom. The van der Waals surface area contributed by atoms with Crippen molar-refractivity contribution in [1.82, 2.24) is 14.8 Å². The van der Waals surface area contributed by atoms with Crippen molar-refractivity contribution in [3.63, 3.8) is 0 Å². The van der Waals surface area contributed by atoms with Crippen LogP contribution >= 0.6 is 23.1 Å². The van der Waals surface area contributed by atoms with Crippen molar-refractivity contribution >= 4 is 45.0 Å². The van der Waals surface area contributed by atoms with Crippen LogP contribution in [0.25, 0.3) is 15.3 Å². The number of ether oxygens (including phenoxy) is 2. The van der Waals surface area contributed by atoms with Crippen molar-refractivity contribution in [1.29, 1.82) is 0 Å². The quantitative estimate of drug-likeness (QED) is 0.488. The molecule has 4 aromatic rings. The SMILES string of the molecule is COc1cccc(C2SCC(=O)Nc3c2c(C)nn3-c2nc3ccccc3s2)c1OC. The number of thiazole rings is 1. The number of nitrogens with zero attached hydrogens (tertiary/aromatic N) is 3. The standard InChI is InChI=1S/C22H20N4O3S2/c1-12-18-20(13-7-6-9-15(28-2)19(13)29-3)30-11-17(27)24-21(18)26(25-12)22-23-14-8-4-5-10-16(14)31-22/h4-10,20H,11H2,1-3H3,(H,24,27). The molecule has 3 heterocycles. The number of aromatic nitrogens is 3. The second-order valence-electron chi connectivity index (χ2n) is 7.05. The predicted octanol–water partition coefficient (Wildman–Crippen LogP) is 4.58. The van der Waals surface area contributed by atoms with Gasteiger partial charge < -0.3 is 14.8 Å². The van der Waals surface area contributed by atoms with Crippen LogP contribution in [0.5, 0.6) is 11.5 Å². The van der Waals surface area contributed by atoms with Gasteiger partial charge in [0.1, 0.15) is 5.82 Å². The summed E-state index contributed by atoms with van der Waals surface area (Å²) in [5.74, 6) is 2.22. The Labute approximate surface area is 187 Å². The highest BCUT2D eigenvalue weighted by atomic mass is 32.2. The minimum atomic E-state index is -0.151. The van der Waals surface area contributed by atoms with E-state index < -0.39 is 0 Å². The van der Waals surface area contributed by atoms with Crippen LogP contribution in [0, 0.1) is 6.92 Å². The van der Waals surface area contributed by atoms with E-state index in [1.807, 2.05) is 49.4 Å². The summed E-state index contributed by atoms with van der Waals surface area (Å²) in [7, 11) is 3.25. The molecule has 0 spiro atoms. The Bertz CT molecular complexity index is 1260. The van der Waals surface area contributed by atoms with E-state index in [0.717, 1.165) is 27.0 Å². The number of amides is 1. The van der Waals surface area contributed by atoms with Gasteiger partial charge in [-0.25, -0.2) is 4.98 Å². The molecule has 9 heteroatoms. The van der Waals surface area contributed by atoms with E-state index in [2.05, 4.69) is 5.32 Å². The number of carbonyl (C=O) groups is 1. The van der Waals surface area contributed by atoms with E-state index in [9.17, 15) is 4.79 Å². The first-order valence-corrected chi connectivity index (χ1v) is 11.5. The maximum Gasteiger partial charge on any atom is 0.235 e. The molecule has 0 saturated heterocycles. The summed E-state index contributed by atoms with van der Waals surface area (Å²) in [6.45, 7) is 1.96. The van der Waals surface area contributed by atoms with E-state index in [1.54, 1.807) is 42.0 Å². The Morgan fingerprint density at radius 3 is 2.74 bits per heavy atom. The molecule has 31 heavy (non-hydrogen) atoms. The minimum Gasteiger partial charge on any atom is -0.493 e. The normalized spacial score (nSPS) is 16.0. The third-order valence-electron chi connectivity index (χ3n) is 5.19. The first-order chi connectivity index (χ1) is 15.1. The molecule has 1 atom stereocenters. The number of benzene rings is 2. The van der Waals surface area contributed by atoms with Crippen LogP contribution in [-0.2, 0) is 4.79 Å². The molecule has 1 unspecified atom stereocenters. The van der Waals surface area contributed by atoms with Crippen LogP contribution in [0.15, 0.2) is 42.5 Å². The third-order valence-corrected chi connectivity index (χ3v) is 7.45. The van der Waals surface area contributed by atoms with E-state index in [4.69, 9.17) is 19.6 Å². The number of carbonyl (C=O) groups excluding carboxylic acids is 1. The number of aryl methyl sites for hydroxylation is 1. The zero-order chi connectivity index (χ0) is 21.5. The van der Waals surface area contributed by atoms with Crippen molar-refractivity contribution in [3.8, 4) is 16.6 Å². The molecule has 2 aromatic carbocycles. The first-order valence-electron chi connectivity index (χ1n) is 9.68. The Balaban J connectivity index is 1.71. The molecule has 1 amide bonds. The number of thioether (sulfide) groups is 1. The summed E-state index contributed by atoms with van der Waals surface area (Å²) >= 11 is 3.09.